The number of pyridine rings is 1. The van der Waals surface area contributed by atoms with E-state index in [2.05, 4.69) is 27.7 Å². The van der Waals surface area contributed by atoms with E-state index in [9.17, 15) is 14.7 Å². The highest BCUT2D eigenvalue weighted by molar-refractivity contribution is 5.82. The average Bonchev–Trinajstić information content (AvgIpc) is 3.36. The van der Waals surface area contributed by atoms with E-state index in [-0.39, 0.29) is 18.2 Å². The lowest BCUT2D eigenvalue weighted by Crippen LogP contribution is -2.51. The van der Waals surface area contributed by atoms with Crippen LogP contribution in [0, 0.1) is 0 Å². The number of nitrogens with one attached hydrogen (secondary N) is 2. The Morgan fingerprint density at radius 2 is 2.08 bits per heavy atom. The Morgan fingerprint density at radius 1 is 1.24 bits per heavy atom. The number of amides is 2. The molecule has 214 valence electrons. The van der Waals surface area contributed by atoms with E-state index in [0.29, 0.717) is 32.7 Å². The van der Waals surface area contributed by atoms with Crippen molar-refractivity contribution in [1.82, 2.24) is 20.1 Å². The zero-order chi connectivity index (χ0) is 27.3. The molecule has 10 nitrogen and oxygen atoms in total. The van der Waals surface area contributed by atoms with E-state index in [4.69, 9.17) is 14.5 Å². The highest BCUT2D eigenvalue weighted by Gasteiger charge is 2.31. The van der Waals surface area contributed by atoms with Crippen molar-refractivity contribution in [3.8, 4) is 0 Å². The van der Waals surface area contributed by atoms with Crippen LogP contribution < -0.4 is 10.6 Å². The highest BCUT2D eigenvalue weighted by atomic mass is 16.5. The fourth-order valence-corrected chi connectivity index (χ4v) is 5.17. The van der Waals surface area contributed by atoms with Crippen molar-refractivity contribution in [3.05, 3.63) is 23.4 Å². The second-order valence-corrected chi connectivity index (χ2v) is 10.6. The Hall–Kier alpha value is -2.43. The molecule has 2 aliphatic rings. The first-order chi connectivity index (χ1) is 18.4. The molecule has 0 spiro atoms. The number of likely N-dealkylation sites (tertiary alicyclic amines) is 1. The number of aryl methyl sites for hydroxylation is 2. The number of aliphatic carboxylic acids is 1. The monoisotopic (exact) mass is 533 g/mol. The quantitative estimate of drug-likeness (QED) is 0.278. The van der Waals surface area contributed by atoms with Crippen molar-refractivity contribution in [2.24, 2.45) is 0 Å². The zero-order valence-electron chi connectivity index (χ0n) is 23.4. The van der Waals surface area contributed by atoms with Gasteiger partial charge < -0.3 is 35.0 Å². The Morgan fingerprint density at radius 3 is 2.84 bits per heavy atom. The van der Waals surface area contributed by atoms with Gasteiger partial charge in [0.15, 0.2) is 0 Å². The Bertz CT molecular complexity index is 883. The second kappa shape index (κ2) is 15.9. The molecule has 0 bridgehead atoms. The van der Waals surface area contributed by atoms with Crippen molar-refractivity contribution in [2.75, 3.05) is 58.4 Å². The smallest absolute Gasteiger partial charge is 0.326 e. The molecule has 2 aliphatic heterocycles. The summed E-state index contributed by atoms with van der Waals surface area (Å²) in [4.78, 5) is 33.5. The van der Waals surface area contributed by atoms with Crippen LogP contribution in [-0.2, 0) is 27.1 Å². The van der Waals surface area contributed by atoms with Crippen molar-refractivity contribution in [3.63, 3.8) is 0 Å². The predicted molar refractivity (Wildman–Crippen MR) is 148 cm³/mol. The molecule has 0 saturated carbocycles. The molecule has 3 N–H and O–H groups in total. The first-order valence-electron chi connectivity index (χ1n) is 14.2. The number of urea groups is 1. The fourth-order valence-electron chi connectivity index (χ4n) is 5.17. The maximum absolute atomic E-state index is 12.8. The zero-order valence-corrected chi connectivity index (χ0v) is 23.4. The molecule has 2 amide bonds. The minimum Gasteiger partial charge on any atom is -0.480 e. The summed E-state index contributed by atoms with van der Waals surface area (Å²) in [6.07, 6.45) is 7.40. The number of fused-ring (bicyclic) bond motifs is 1. The Labute approximate surface area is 227 Å². The van der Waals surface area contributed by atoms with Gasteiger partial charge in [-0.1, -0.05) is 6.07 Å². The number of unbranched alkanes of at least 4 members (excludes halogenated alkanes) is 1. The van der Waals surface area contributed by atoms with E-state index >= 15 is 0 Å². The Kier molecular flexibility index (Phi) is 12.6. The molecule has 38 heavy (non-hydrogen) atoms. The van der Waals surface area contributed by atoms with Crippen LogP contribution >= 0.6 is 0 Å². The SMILES string of the molecule is COCC1CCCN1C(=O)NC(CCN(CCCCc1ccc2c(n1)NCCC2)CCOC(C)C)C(=O)O. The van der Waals surface area contributed by atoms with Crippen molar-refractivity contribution >= 4 is 17.8 Å². The number of methoxy groups -OCH3 is 1. The number of rotatable bonds is 16. The van der Waals surface area contributed by atoms with Gasteiger partial charge in [0.1, 0.15) is 11.9 Å². The average molecular weight is 534 g/mol. The normalized spacial score (nSPS) is 17.9. The lowest BCUT2D eigenvalue weighted by atomic mass is 10.1. The number of ether oxygens (including phenoxy) is 2. The highest BCUT2D eigenvalue weighted by Crippen LogP contribution is 2.20. The number of carboxylic acids is 1. The first kappa shape index (κ1) is 30.1. The largest absolute Gasteiger partial charge is 0.480 e. The predicted octanol–water partition coefficient (Wildman–Crippen LogP) is 3.15. The number of hydrogen-bond donors (Lipinski definition) is 3. The topological polar surface area (TPSA) is 116 Å². The maximum atomic E-state index is 12.8. The number of carbonyl (C=O) groups excluding carboxylic acids is 1. The van der Waals surface area contributed by atoms with Crippen LogP contribution in [0.2, 0.25) is 0 Å². The van der Waals surface area contributed by atoms with Gasteiger partial charge in [-0.3, -0.25) is 0 Å². The van der Waals surface area contributed by atoms with E-state index < -0.39 is 12.0 Å². The molecule has 2 atom stereocenters. The summed E-state index contributed by atoms with van der Waals surface area (Å²) in [5.41, 5.74) is 2.41. The van der Waals surface area contributed by atoms with Gasteiger partial charge in [-0.15, -0.1) is 0 Å². The van der Waals surface area contributed by atoms with Crippen LogP contribution in [0.15, 0.2) is 12.1 Å². The summed E-state index contributed by atoms with van der Waals surface area (Å²) in [5, 5.41) is 16.0. The molecule has 1 aromatic heterocycles. The summed E-state index contributed by atoms with van der Waals surface area (Å²) in [5.74, 6) is 0.0248. The third-order valence-electron chi connectivity index (χ3n) is 7.29. The summed E-state index contributed by atoms with van der Waals surface area (Å²) in [7, 11) is 1.62. The second-order valence-electron chi connectivity index (χ2n) is 10.6. The van der Waals surface area contributed by atoms with Gasteiger partial charge in [0, 0.05) is 39.0 Å². The lowest BCUT2D eigenvalue weighted by molar-refractivity contribution is -0.139. The fraction of sp³-hybridized carbons (Fsp3) is 0.750. The molecule has 0 aromatic carbocycles. The number of nitrogens with zero attached hydrogens (tertiary/aromatic N) is 3. The van der Waals surface area contributed by atoms with Gasteiger partial charge in [-0.05, 0) is 83.4 Å². The van der Waals surface area contributed by atoms with Gasteiger partial charge in [-0.25, -0.2) is 14.6 Å². The van der Waals surface area contributed by atoms with Crippen LogP contribution in [0.5, 0.6) is 0 Å². The van der Waals surface area contributed by atoms with Gasteiger partial charge in [0.2, 0.25) is 0 Å². The molecule has 1 saturated heterocycles. The third-order valence-corrected chi connectivity index (χ3v) is 7.29. The third kappa shape index (κ3) is 9.71. The minimum absolute atomic E-state index is 0.000451. The van der Waals surface area contributed by atoms with Crippen molar-refractivity contribution < 1.29 is 24.2 Å². The number of anilines is 1. The van der Waals surface area contributed by atoms with Gasteiger partial charge in [0.25, 0.3) is 0 Å². The molecule has 0 aliphatic carbocycles. The van der Waals surface area contributed by atoms with Crippen LogP contribution in [0.4, 0.5) is 10.6 Å². The molecular formula is C28H47N5O5. The molecule has 1 fully saturated rings. The molecule has 0 radical (unpaired) electrons. The molecule has 10 heteroatoms. The van der Waals surface area contributed by atoms with Crippen molar-refractivity contribution in [1.29, 1.82) is 0 Å². The summed E-state index contributed by atoms with van der Waals surface area (Å²) in [6.45, 7) is 8.82. The number of aromatic nitrogens is 1. The van der Waals surface area contributed by atoms with Crippen molar-refractivity contribution in [2.45, 2.75) is 83.4 Å². The molecule has 3 heterocycles. The summed E-state index contributed by atoms with van der Waals surface area (Å²) < 4.78 is 11.0. The van der Waals surface area contributed by atoms with E-state index in [1.165, 1.54) is 5.56 Å². The molecule has 1 aromatic rings. The van der Waals surface area contributed by atoms with E-state index in [1.807, 2.05) is 13.8 Å². The minimum atomic E-state index is -1.01. The van der Waals surface area contributed by atoms with Crippen LogP contribution in [-0.4, -0.2) is 103 Å². The summed E-state index contributed by atoms with van der Waals surface area (Å²) >= 11 is 0. The number of hydrogen-bond acceptors (Lipinski definition) is 7. The summed E-state index contributed by atoms with van der Waals surface area (Å²) in [6, 6.07) is 3.07. The van der Waals surface area contributed by atoms with E-state index in [1.54, 1.807) is 12.0 Å². The van der Waals surface area contributed by atoms with Gasteiger partial charge >= 0.3 is 12.0 Å². The molecular weight excluding hydrogens is 486 g/mol. The van der Waals surface area contributed by atoms with Gasteiger partial charge in [0.05, 0.1) is 25.4 Å². The van der Waals surface area contributed by atoms with Crippen LogP contribution in [0.1, 0.15) is 63.6 Å². The van der Waals surface area contributed by atoms with E-state index in [0.717, 1.165) is 76.1 Å². The van der Waals surface area contributed by atoms with Crippen LogP contribution in [0.25, 0.3) is 0 Å². The van der Waals surface area contributed by atoms with Crippen LogP contribution in [0.3, 0.4) is 0 Å². The lowest BCUT2D eigenvalue weighted by Gasteiger charge is -2.28. The maximum Gasteiger partial charge on any atom is 0.326 e. The number of carboxylic acid groups (broad SMARTS) is 1. The molecule has 2 unspecified atom stereocenters. The first-order valence-corrected chi connectivity index (χ1v) is 14.2. The standard InChI is InChI=1S/C28H47N5O5/c1-21(2)38-19-18-32(15-5-4-9-23-12-11-22-8-6-14-29-26(22)30-23)17-13-25(27(34)35)31-28(36)33-16-7-10-24(33)20-37-3/h11-12,21,24-25H,4-10,13-20H2,1-3H3,(H,29,30)(H,31,36)(H,34,35). The Balaban J connectivity index is 1.48. The van der Waals surface area contributed by atoms with Gasteiger partial charge in [-0.2, -0.15) is 0 Å². The number of carbonyl (C=O) groups is 2. The molecule has 3 rings (SSSR count).